The van der Waals surface area contributed by atoms with Crippen molar-refractivity contribution < 1.29 is 4.92 Å². The van der Waals surface area contributed by atoms with E-state index in [0.29, 0.717) is 5.69 Å². The predicted octanol–water partition coefficient (Wildman–Crippen LogP) is 3.19. The number of hydrogen-bond donors (Lipinski definition) is 0. The zero-order chi connectivity index (χ0) is 14.5. The molecular formula is C12H14N4O2S2. The Morgan fingerprint density at radius 3 is 2.80 bits per heavy atom. The van der Waals surface area contributed by atoms with E-state index >= 15 is 0 Å². The van der Waals surface area contributed by atoms with Gasteiger partial charge >= 0.3 is 0 Å². The summed E-state index contributed by atoms with van der Waals surface area (Å²) in [7, 11) is 2.85. The molecule has 0 amide bonds. The first-order valence-corrected chi connectivity index (χ1v) is 8.26. The summed E-state index contributed by atoms with van der Waals surface area (Å²) in [6.45, 7) is 5.82. The second kappa shape index (κ2) is 6.58. The van der Waals surface area contributed by atoms with E-state index in [1.165, 1.54) is 33.0 Å². The van der Waals surface area contributed by atoms with E-state index in [0.717, 1.165) is 23.6 Å². The number of aromatic nitrogens is 1. The van der Waals surface area contributed by atoms with E-state index in [1.807, 2.05) is 0 Å². The molecule has 1 aromatic carbocycles. The van der Waals surface area contributed by atoms with E-state index in [9.17, 15) is 10.1 Å². The first kappa shape index (κ1) is 14.6. The van der Waals surface area contributed by atoms with Crippen molar-refractivity contribution in [3.63, 3.8) is 0 Å². The molecule has 0 unspecified atom stereocenters. The van der Waals surface area contributed by atoms with Crippen LogP contribution >= 0.6 is 20.9 Å². The van der Waals surface area contributed by atoms with Crippen molar-refractivity contribution >= 4 is 38.1 Å². The Balaban J connectivity index is 2.43. The van der Waals surface area contributed by atoms with Gasteiger partial charge in [0, 0.05) is 35.8 Å². The van der Waals surface area contributed by atoms with Crippen LogP contribution in [-0.2, 0) is 0 Å². The summed E-state index contributed by atoms with van der Waals surface area (Å²) in [6.07, 6.45) is 0. The number of nitro groups is 1. The molecule has 2 rings (SSSR count). The van der Waals surface area contributed by atoms with Crippen molar-refractivity contribution in [1.82, 2.24) is 4.37 Å². The van der Waals surface area contributed by atoms with Crippen LogP contribution in [0.15, 0.2) is 29.3 Å². The lowest BCUT2D eigenvalue weighted by Gasteiger charge is -2.16. The van der Waals surface area contributed by atoms with Crippen LogP contribution in [0.5, 0.6) is 0 Å². The minimum atomic E-state index is -0.417. The molecule has 0 saturated carbocycles. The highest BCUT2D eigenvalue weighted by Crippen LogP contribution is 2.20. The maximum atomic E-state index is 10.8. The van der Waals surface area contributed by atoms with Gasteiger partial charge in [-0.3, -0.25) is 10.1 Å². The summed E-state index contributed by atoms with van der Waals surface area (Å²) in [5.74, 6) is 0.844. The van der Waals surface area contributed by atoms with Gasteiger partial charge in [0.15, 0.2) is 10.5 Å². The summed E-state index contributed by atoms with van der Waals surface area (Å²) < 4.78 is 5.16. The lowest BCUT2D eigenvalue weighted by Crippen LogP contribution is -2.26. The van der Waals surface area contributed by atoms with Gasteiger partial charge in [0.2, 0.25) is 0 Å². The van der Waals surface area contributed by atoms with Gasteiger partial charge in [0.25, 0.3) is 5.69 Å². The van der Waals surface area contributed by atoms with Crippen molar-refractivity contribution in [3.8, 4) is 0 Å². The summed E-state index contributed by atoms with van der Waals surface area (Å²) in [6, 6.07) is 6.32. The third-order valence-electron chi connectivity index (χ3n) is 2.77. The first-order valence-electron chi connectivity index (χ1n) is 6.15. The van der Waals surface area contributed by atoms with Crippen LogP contribution < -0.4 is 9.57 Å². The Morgan fingerprint density at radius 2 is 2.15 bits per heavy atom. The minimum absolute atomic E-state index is 0.0452. The van der Waals surface area contributed by atoms with Crippen molar-refractivity contribution in [1.29, 1.82) is 0 Å². The topological polar surface area (TPSA) is 71.6 Å². The Morgan fingerprint density at radius 1 is 1.40 bits per heavy atom. The molecule has 0 atom stereocenters. The van der Waals surface area contributed by atoms with Gasteiger partial charge in [-0.15, -0.1) is 0 Å². The fourth-order valence-electron chi connectivity index (χ4n) is 1.74. The van der Waals surface area contributed by atoms with Crippen LogP contribution in [0.25, 0.3) is 0 Å². The number of nitro benzene ring substituents is 1. The van der Waals surface area contributed by atoms with Crippen molar-refractivity contribution in [2.24, 2.45) is 4.99 Å². The number of anilines is 1. The summed E-state index contributed by atoms with van der Waals surface area (Å²) in [5, 5.41) is 10.8. The average molecular weight is 310 g/mol. The van der Waals surface area contributed by atoms with Crippen LogP contribution in [-0.4, -0.2) is 22.4 Å². The Labute approximate surface area is 123 Å². The number of hydrogen-bond acceptors (Lipinski definition) is 7. The molecule has 0 aliphatic heterocycles. The summed E-state index contributed by atoms with van der Waals surface area (Å²) in [4.78, 5) is 16.9. The lowest BCUT2D eigenvalue weighted by molar-refractivity contribution is -0.384. The lowest BCUT2D eigenvalue weighted by atomic mass is 10.3. The number of rotatable bonds is 5. The zero-order valence-corrected chi connectivity index (χ0v) is 12.8. The highest BCUT2D eigenvalue weighted by Gasteiger charge is 2.10. The highest BCUT2D eigenvalue weighted by molar-refractivity contribution is 7.66. The standard InChI is InChI=1S/C12H14N4O2S2/c1-3-15(4-2)11-12(19-20-14-11)13-9-6-5-7-10(8-9)16(17)18/h5-8H,3-4H2,1-2H3. The molecule has 0 aliphatic rings. The number of benzene rings is 1. The van der Waals surface area contributed by atoms with Crippen LogP contribution in [0.4, 0.5) is 17.2 Å². The minimum Gasteiger partial charge on any atom is -0.354 e. The molecule has 0 spiro atoms. The fraction of sp³-hybridized carbons (Fsp3) is 0.333. The van der Waals surface area contributed by atoms with E-state index in [4.69, 9.17) is 0 Å². The van der Waals surface area contributed by atoms with Crippen molar-refractivity contribution in [2.75, 3.05) is 18.0 Å². The monoisotopic (exact) mass is 310 g/mol. The second-order valence-electron chi connectivity index (χ2n) is 3.94. The molecule has 1 aromatic heterocycles. The molecule has 0 radical (unpaired) electrons. The van der Waals surface area contributed by atoms with Crippen LogP contribution in [0.1, 0.15) is 13.8 Å². The molecule has 0 aliphatic carbocycles. The van der Waals surface area contributed by atoms with Gasteiger partial charge in [-0.2, -0.15) is 4.37 Å². The van der Waals surface area contributed by atoms with Gasteiger partial charge in [0.1, 0.15) is 0 Å². The molecule has 106 valence electrons. The highest BCUT2D eigenvalue weighted by atomic mass is 32.9. The maximum absolute atomic E-state index is 10.8. The zero-order valence-electron chi connectivity index (χ0n) is 11.1. The number of nitrogens with zero attached hydrogens (tertiary/aromatic N) is 4. The molecule has 6 nitrogen and oxygen atoms in total. The van der Waals surface area contributed by atoms with E-state index < -0.39 is 4.92 Å². The largest absolute Gasteiger partial charge is 0.354 e. The van der Waals surface area contributed by atoms with Crippen LogP contribution in [0.3, 0.4) is 0 Å². The van der Waals surface area contributed by atoms with Crippen molar-refractivity contribution in [2.45, 2.75) is 13.8 Å². The molecule has 2 aromatic rings. The molecule has 0 saturated heterocycles. The Bertz CT molecular complexity index is 661. The SMILES string of the molecule is CCN(CC)c1nssc1=Nc1cccc([N+](=O)[O-])c1. The Kier molecular flexibility index (Phi) is 4.80. The van der Waals surface area contributed by atoms with Gasteiger partial charge in [-0.1, -0.05) is 6.07 Å². The van der Waals surface area contributed by atoms with Gasteiger partial charge < -0.3 is 4.90 Å². The smallest absolute Gasteiger partial charge is 0.271 e. The molecule has 20 heavy (non-hydrogen) atoms. The Hall–Kier alpha value is -1.80. The van der Waals surface area contributed by atoms with Crippen LogP contribution in [0.2, 0.25) is 0 Å². The molecule has 0 bridgehead atoms. The normalized spacial score (nSPS) is 11.6. The van der Waals surface area contributed by atoms with Gasteiger partial charge in [0.05, 0.1) is 10.6 Å². The average Bonchev–Trinajstić information content (AvgIpc) is 2.89. The molecular weight excluding hydrogens is 296 g/mol. The molecule has 8 heteroatoms. The quantitative estimate of drug-likeness (QED) is 0.483. The summed E-state index contributed by atoms with van der Waals surface area (Å²) >= 11 is 0. The van der Waals surface area contributed by atoms with E-state index in [-0.39, 0.29) is 5.69 Å². The first-order chi connectivity index (χ1) is 9.65. The molecule has 0 N–H and O–H groups in total. The summed E-state index contributed by atoms with van der Waals surface area (Å²) in [5.41, 5.74) is 0.618. The van der Waals surface area contributed by atoms with Gasteiger partial charge in [-0.05, 0) is 30.3 Å². The third kappa shape index (κ3) is 3.20. The third-order valence-corrected chi connectivity index (χ3v) is 4.44. The second-order valence-corrected chi connectivity index (χ2v) is 5.77. The fourth-order valence-corrected chi connectivity index (χ4v) is 3.44. The van der Waals surface area contributed by atoms with Crippen molar-refractivity contribution in [3.05, 3.63) is 39.1 Å². The van der Waals surface area contributed by atoms with E-state index in [2.05, 4.69) is 28.1 Å². The maximum Gasteiger partial charge on any atom is 0.271 e. The molecule has 1 heterocycles. The predicted molar refractivity (Wildman–Crippen MR) is 81.9 cm³/mol. The van der Waals surface area contributed by atoms with Crippen LogP contribution in [0, 0.1) is 10.1 Å². The van der Waals surface area contributed by atoms with E-state index in [1.54, 1.807) is 12.1 Å². The van der Waals surface area contributed by atoms with Gasteiger partial charge in [-0.25, -0.2) is 4.99 Å². The number of non-ortho nitro benzene ring substituents is 1. The molecule has 0 fully saturated rings.